The van der Waals surface area contributed by atoms with Gasteiger partial charge in [-0.05, 0) is 25.1 Å². The van der Waals surface area contributed by atoms with Crippen LogP contribution in [0.15, 0.2) is 18.2 Å². The van der Waals surface area contributed by atoms with E-state index in [-0.39, 0.29) is 17.1 Å². The quantitative estimate of drug-likeness (QED) is 0.842. The van der Waals surface area contributed by atoms with Crippen molar-refractivity contribution in [3.63, 3.8) is 0 Å². The van der Waals surface area contributed by atoms with E-state index in [0.29, 0.717) is 13.0 Å². The predicted molar refractivity (Wildman–Crippen MR) is 70.9 cm³/mol. The standard InChI is InChI=1S/C13H17ClFNO3/c1-13(18,5-6-19-2)8-16-12(17)10-7-9(14)3-4-11(10)15/h3-4,7,18H,5-6,8H2,1-2H3,(H,16,17). The molecule has 1 unspecified atom stereocenters. The molecule has 0 bridgehead atoms. The SMILES string of the molecule is COCCC(C)(O)CNC(=O)c1cc(Cl)ccc1F. The van der Waals surface area contributed by atoms with E-state index in [1.807, 2.05) is 0 Å². The Morgan fingerprint density at radius 3 is 2.89 bits per heavy atom. The monoisotopic (exact) mass is 289 g/mol. The zero-order chi connectivity index (χ0) is 14.5. The summed E-state index contributed by atoms with van der Waals surface area (Å²) < 4.78 is 18.3. The third-order valence-electron chi connectivity index (χ3n) is 2.65. The number of carbonyl (C=O) groups is 1. The Hall–Kier alpha value is -1.17. The normalized spacial score (nSPS) is 13.9. The van der Waals surface area contributed by atoms with Crippen LogP contribution in [-0.2, 0) is 4.74 Å². The lowest BCUT2D eigenvalue weighted by Crippen LogP contribution is -2.41. The molecule has 1 rings (SSSR count). The second-order valence-electron chi connectivity index (χ2n) is 4.55. The number of amides is 1. The van der Waals surface area contributed by atoms with Crippen LogP contribution in [0.2, 0.25) is 5.02 Å². The summed E-state index contributed by atoms with van der Waals surface area (Å²) in [5.74, 6) is -1.27. The average Bonchev–Trinajstić information content (AvgIpc) is 2.36. The van der Waals surface area contributed by atoms with Crippen molar-refractivity contribution in [2.45, 2.75) is 18.9 Å². The van der Waals surface area contributed by atoms with Gasteiger partial charge in [0.15, 0.2) is 0 Å². The van der Waals surface area contributed by atoms with Gasteiger partial charge in [-0.25, -0.2) is 4.39 Å². The molecule has 0 aliphatic rings. The van der Waals surface area contributed by atoms with Crippen LogP contribution in [0, 0.1) is 5.82 Å². The number of methoxy groups -OCH3 is 1. The fraction of sp³-hybridized carbons (Fsp3) is 0.462. The number of hydrogen-bond acceptors (Lipinski definition) is 3. The maximum absolute atomic E-state index is 13.4. The lowest BCUT2D eigenvalue weighted by atomic mass is 10.0. The highest BCUT2D eigenvalue weighted by molar-refractivity contribution is 6.30. The highest BCUT2D eigenvalue weighted by atomic mass is 35.5. The molecule has 0 aromatic heterocycles. The van der Waals surface area contributed by atoms with Gasteiger partial charge in [-0.3, -0.25) is 4.79 Å². The summed E-state index contributed by atoms with van der Waals surface area (Å²) in [5, 5.41) is 12.7. The van der Waals surface area contributed by atoms with Gasteiger partial charge in [-0.15, -0.1) is 0 Å². The van der Waals surface area contributed by atoms with Crippen LogP contribution in [0.4, 0.5) is 4.39 Å². The fourth-order valence-corrected chi connectivity index (χ4v) is 1.62. The minimum Gasteiger partial charge on any atom is -0.388 e. The fourth-order valence-electron chi connectivity index (χ4n) is 1.45. The average molecular weight is 290 g/mol. The van der Waals surface area contributed by atoms with Gasteiger partial charge in [-0.2, -0.15) is 0 Å². The van der Waals surface area contributed by atoms with Crippen molar-refractivity contribution in [3.8, 4) is 0 Å². The number of ether oxygens (including phenoxy) is 1. The highest BCUT2D eigenvalue weighted by Gasteiger charge is 2.22. The molecular weight excluding hydrogens is 273 g/mol. The molecule has 0 saturated carbocycles. The Bertz CT molecular complexity index is 452. The lowest BCUT2D eigenvalue weighted by molar-refractivity contribution is 0.0243. The first-order valence-electron chi connectivity index (χ1n) is 5.80. The number of nitrogens with one attached hydrogen (secondary N) is 1. The van der Waals surface area contributed by atoms with Crippen LogP contribution in [0.1, 0.15) is 23.7 Å². The van der Waals surface area contributed by atoms with Gasteiger partial charge in [0.2, 0.25) is 0 Å². The van der Waals surface area contributed by atoms with E-state index < -0.39 is 17.3 Å². The largest absolute Gasteiger partial charge is 0.388 e. The van der Waals surface area contributed by atoms with Crippen LogP contribution in [0.5, 0.6) is 0 Å². The molecule has 6 heteroatoms. The van der Waals surface area contributed by atoms with E-state index in [0.717, 1.165) is 6.07 Å². The topological polar surface area (TPSA) is 58.6 Å². The van der Waals surface area contributed by atoms with Gasteiger partial charge >= 0.3 is 0 Å². The molecule has 0 radical (unpaired) electrons. The van der Waals surface area contributed by atoms with Gasteiger partial charge in [0.05, 0.1) is 11.2 Å². The van der Waals surface area contributed by atoms with E-state index in [1.54, 1.807) is 6.92 Å². The van der Waals surface area contributed by atoms with Crippen molar-refractivity contribution < 1.29 is 19.0 Å². The first-order valence-corrected chi connectivity index (χ1v) is 6.18. The molecule has 0 aliphatic carbocycles. The molecule has 1 aromatic rings. The zero-order valence-corrected chi connectivity index (χ0v) is 11.6. The number of hydrogen-bond donors (Lipinski definition) is 2. The Kier molecular flexibility index (Phi) is 5.72. The first kappa shape index (κ1) is 15.9. The molecule has 1 atom stereocenters. The summed E-state index contributed by atoms with van der Waals surface area (Å²) in [4.78, 5) is 11.8. The minimum atomic E-state index is -1.11. The van der Waals surface area contributed by atoms with E-state index in [4.69, 9.17) is 16.3 Å². The zero-order valence-electron chi connectivity index (χ0n) is 10.9. The third kappa shape index (κ3) is 5.14. The smallest absolute Gasteiger partial charge is 0.254 e. The molecule has 1 amide bonds. The van der Waals surface area contributed by atoms with Crippen molar-refractivity contribution in [2.24, 2.45) is 0 Å². The second-order valence-corrected chi connectivity index (χ2v) is 4.98. The summed E-state index contributed by atoms with van der Waals surface area (Å²) in [7, 11) is 1.52. The molecule has 106 valence electrons. The highest BCUT2D eigenvalue weighted by Crippen LogP contribution is 2.15. The molecular formula is C13H17ClFNO3. The summed E-state index contributed by atoms with van der Waals surface area (Å²) in [5.41, 5.74) is -1.25. The van der Waals surface area contributed by atoms with Gasteiger partial charge in [0.1, 0.15) is 5.82 Å². The van der Waals surface area contributed by atoms with Crippen LogP contribution in [-0.4, -0.2) is 36.9 Å². The van der Waals surface area contributed by atoms with E-state index in [1.165, 1.54) is 19.2 Å². The molecule has 4 nitrogen and oxygen atoms in total. The van der Waals surface area contributed by atoms with E-state index >= 15 is 0 Å². The second kappa shape index (κ2) is 6.84. The van der Waals surface area contributed by atoms with Gasteiger partial charge < -0.3 is 15.2 Å². The van der Waals surface area contributed by atoms with Crippen molar-refractivity contribution in [2.75, 3.05) is 20.3 Å². The molecule has 2 N–H and O–H groups in total. The van der Waals surface area contributed by atoms with Crippen molar-refractivity contribution in [1.82, 2.24) is 5.32 Å². The lowest BCUT2D eigenvalue weighted by Gasteiger charge is -2.23. The summed E-state index contributed by atoms with van der Waals surface area (Å²) >= 11 is 5.71. The minimum absolute atomic E-state index is 0.00114. The molecule has 0 heterocycles. The Morgan fingerprint density at radius 2 is 2.26 bits per heavy atom. The van der Waals surface area contributed by atoms with Crippen LogP contribution in [0.25, 0.3) is 0 Å². The Balaban J connectivity index is 2.62. The number of rotatable bonds is 6. The third-order valence-corrected chi connectivity index (χ3v) is 2.88. The molecule has 0 saturated heterocycles. The first-order chi connectivity index (χ1) is 8.85. The number of benzene rings is 1. The van der Waals surface area contributed by atoms with E-state index in [9.17, 15) is 14.3 Å². The number of carbonyl (C=O) groups excluding carboxylic acids is 1. The summed E-state index contributed by atoms with van der Waals surface area (Å²) in [6, 6.07) is 3.73. The molecule has 0 spiro atoms. The van der Waals surface area contributed by atoms with Gasteiger partial charge in [0.25, 0.3) is 5.91 Å². The van der Waals surface area contributed by atoms with Crippen molar-refractivity contribution in [1.29, 1.82) is 0 Å². The number of aliphatic hydroxyl groups is 1. The van der Waals surface area contributed by atoms with Gasteiger partial charge in [-0.1, -0.05) is 11.6 Å². The van der Waals surface area contributed by atoms with Crippen molar-refractivity contribution >= 4 is 17.5 Å². The molecule has 0 fully saturated rings. The molecule has 0 aliphatic heterocycles. The summed E-state index contributed by atoms with van der Waals surface area (Å²) in [6.45, 7) is 1.94. The predicted octanol–water partition coefficient (Wildman–Crippen LogP) is 2.00. The molecule has 1 aromatic carbocycles. The Labute approximate surface area is 116 Å². The maximum Gasteiger partial charge on any atom is 0.254 e. The maximum atomic E-state index is 13.4. The molecule has 19 heavy (non-hydrogen) atoms. The van der Waals surface area contributed by atoms with Crippen LogP contribution < -0.4 is 5.32 Å². The van der Waals surface area contributed by atoms with Crippen molar-refractivity contribution in [3.05, 3.63) is 34.6 Å². The van der Waals surface area contributed by atoms with E-state index in [2.05, 4.69) is 5.32 Å². The van der Waals surface area contributed by atoms with Crippen LogP contribution in [0.3, 0.4) is 0 Å². The summed E-state index contributed by atoms with van der Waals surface area (Å²) in [6.07, 6.45) is 0.363. The Morgan fingerprint density at radius 1 is 1.58 bits per heavy atom. The number of halogens is 2. The van der Waals surface area contributed by atoms with Gasteiger partial charge in [0, 0.05) is 31.7 Å². The van der Waals surface area contributed by atoms with Crippen LogP contribution >= 0.6 is 11.6 Å².